The normalized spacial score (nSPS) is 30.0. The molecule has 0 N–H and O–H groups in total. The molecule has 1 heteroatoms. The molecule has 158 valence electrons. The van der Waals surface area contributed by atoms with Crippen LogP contribution in [0.3, 0.4) is 0 Å². The van der Waals surface area contributed by atoms with Crippen LogP contribution in [0.5, 0.6) is 0 Å². The molecule has 0 nitrogen and oxygen atoms in total. The predicted molar refractivity (Wildman–Crippen MR) is 125 cm³/mol. The quantitative estimate of drug-likeness (QED) is 0.410. The summed E-state index contributed by atoms with van der Waals surface area (Å²) in [4.78, 5) is 0. The van der Waals surface area contributed by atoms with Gasteiger partial charge in [0.1, 0.15) is 0 Å². The van der Waals surface area contributed by atoms with Gasteiger partial charge in [0.05, 0.1) is 0 Å². The zero-order valence-electron chi connectivity index (χ0n) is 18.6. The summed E-state index contributed by atoms with van der Waals surface area (Å²) in [6.07, 6.45) is 33.7. The van der Waals surface area contributed by atoms with Gasteiger partial charge in [-0.3, -0.25) is 0 Å². The standard InChI is InChI=1S/C26H49P/c1-2-27(23-15-7-3-8-16-23,24-17-9-4-10-18-24,25-19-11-5-12-20-25)26-21-13-6-14-22-26/h23-26H,2-22H2,1H3. The molecule has 27 heavy (non-hydrogen) atoms. The monoisotopic (exact) mass is 392 g/mol. The third-order valence-corrected chi connectivity index (χ3v) is 21.2. The van der Waals surface area contributed by atoms with Crippen molar-refractivity contribution in [2.24, 2.45) is 0 Å². The first-order valence-corrected chi connectivity index (χ1v) is 16.0. The van der Waals surface area contributed by atoms with Crippen molar-refractivity contribution in [3.8, 4) is 0 Å². The molecule has 0 saturated heterocycles. The van der Waals surface area contributed by atoms with E-state index < -0.39 is 6.60 Å². The van der Waals surface area contributed by atoms with Crippen molar-refractivity contribution in [3.63, 3.8) is 0 Å². The summed E-state index contributed by atoms with van der Waals surface area (Å²) < 4.78 is 0. The van der Waals surface area contributed by atoms with Crippen LogP contribution in [0.25, 0.3) is 0 Å². The fourth-order valence-electron chi connectivity index (χ4n) is 9.66. The van der Waals surface area contributed by atoms with Crippen LogP contribution >= 0.6 is 6.60 Å². The van der Waals surface area contributed by atoms with E-state index >= 15 is 0 Å². The Morgan fingerprint density at radius 2 is 0.630 bits per heavy atom. The average molecular weight is 393 g/mol. The minimum atomic E-state index is -1.73. The Morgan fingerprint density at radius 3 is 0.815 bits per heavy atom. The minimum absolute atomic E-state index is 1.20. The van der Waals surface area contributed by atoms with E-state index in [0.717, 1.165) is 0 Å². The van der Waals surface area contributed by atoms with Crippen LogP contribution in [-0.4, -0.2) is 28.8 Å². The SMILES string of the molecule is CCP(C1CCCCC1)(C1CCCCC1)(C1CCCCC1)C1CCCCC1. The predicted octanol–water partition coefficient (Wildman–Crippen LogP) is 8.89. The Morgan fingerprint density at radius 1 is 0.407 bits per heavy atom. The molecule has 0 aromatic heterocycles. The second-order valence-electron chi connectivity index (χ2n) is 11.1. The van der Waals surface area contributed by atoms with Crippen LogP contribution in [0.15, 0.2) is 0 Å². The molecule has 0 spiro atoms. The van der Waals surface area contributed by atoms with Gasteiger partial charge in [0, 0.05) is 0 Å². The maximum absolute atomic E-state index is 2.75. The van der Waals surface area contributed by atoms with Crippen molar-refractivity contribution < 1.29 is 0 Å². The summed E-state index contributed by atoms with van der Waals surface area (Å²) in [5.74, 6) is 0. The zero-order chi connectivity index (χ0) is 18.6. The van der Waals surface area contributed by atoms with Crippen molar-refractivity contribution >= 4 is 6.60 Å². The molecule has 0 unspecified atom stereocenters. The number of hydrogen-bond donors (Lipinski definition) is 0. The van der Waals surface area contributed by atoms with Gasteiger partial charge in [0.25, 0.3) is 0 Å². The van der Waals surface area contributed by atoms with Crippen molar-refractivity contribution in [2.45, 2.75) is 158 Å². The molecule has 4 saturated carbocycles. The Kier molecular flexibility index (Phi) is 6.94. The first-order valence-electron chi connectivity index (χ1n) is 13.3. The molecule has 0 bridgehead atoms. The molecule has 0 amide bonds. The van der Waals surface area contributed by atoms with E-state index in [2.05, 4.69) is 6.92 Å². The fraction of sp³-hybridized carbons (Fsp3) is 1.00. The van der Waals surface area contributed by atoms with E-state index in [1.54, 1.807) is 135 Å². The first-order chi connectivity index (χ1) is 13.3. The Bertz CT molecular complexity index is 361. The molecule has 4 aliphatic rings. The van der Waals surface area contributed by atoms with Gasteiger partial charge in [0.15, 0.2) is 0 Å². The van der Waals surface area contributed by atoms with E-state index in [1.165, 1.54) is 22.6 Å². The summed E-state index contributed by atoms with van der Waals surface area (Å²) in [6, 6.07) is 0. The molecule has 0 aromatic rings. The Hall–Kier alpha value is 0.430. The van der Waals surface area contributed by atoms with Gasteiger partial charge in [0.2, 0.25) is 0 Å². The van der Waals surface area contributed by atoms with E-state index in [1.807, 2.05) is 0 Å². The second kappa shape index (κ2) is 9.06. The van der Waals surface area contributed by atoms with Crippen molar-refractivity contribution in [2.75, 3.05) is 6.16 Å². The molecule has 0 radical (unpaired) electrons. The van der Waals surface area contributed by atoms with Gasteiger partial charge >= 0.3 is 171 Å². The number of rotatable bonds is 5. The van der Waals surface area contributed by atoms with Crippen LogP contribution in [0, 0.1) is 0 Å². The summed E-state index contributed by atoms with van der Waals surface area (Å²) in [5.41, 5.74) is 4.79. The summed E-state index contributed by atoms with van der Waals surface area (Å²) in [6.45, 7) is 1.02. The maximum atomic E-state index is 2.75. The molecule has 0 aliphatic heterocycles. The van der Waals surface area contributed by atoms with Crippen LogP contribution in [0.1, 0.15) is 135 Å². The summed E-state index contributed by atoms with van der Waals surface area (Å²) in [7, 11) is 0. The van der Waals surface area contributed by atoms with Gasteiger partial charge < -0.3 is 0 Å². The molecular weight excluding hydrogens is 343 g/mol. The van der Waals surface area contributed by atoms with Gasteiger partial charge in [-0.1, -0.05) is 0 Å². The van der Waals surface area contributed by atoms with E-state index in [-0.39, 0.29) is 0 Å². The Labute approximate surface area is 171 Å². The summed E-state index contributed by atoms with van der Waals surface area (Å²) in [5, 5.41) is 0. The molecular formula is C26H49P. The topological polar surface area (TPSA) is 0 Å². The van der Waals surface area contributed by atoms with Crippen LogP contribution in [-0.2, 0) is 0 Å². The van der Waals surface area contributed by atoms with E-state index in [0.29, 0.717) is 0 Å². The third kappa shape index (κ3) is 3.37. The molecule has 0 atom stereocenters. The summed E-state index contributed by atoms with van der Waals surface area (Å²) >= 11 is 0. The molecule has 4 fully saturated rings. The molecule has 0 heterocycles. The zero-order valence-corrected chi connectivity index (χ0v) is 19.5. The van der Waals surface area contributed by atoms with Crippen LogP contribution in [0.4, 0.5) is 0 Å². The van der Waals surface area contributed by atoms with Crippen LogP contribution in [0.2, 0.25) is 0 Å². The first kappa shape index (κ1) is 20.7. The molecule has 4 rings (SSSR count). The Balaban J connectivity index is 1.84. The van der Waals surface area contributed by atoms with Crippen molar-refractivity contribution in [1.82, 2.24) is 0 Å². The van der Waals surface area contributed by atoms with Gasteiger partial charge in [-0.15, -0.1) is 0 Å². The van der Waals surface area contributed by atoms with Crippen molar-refractivity contribution in [1.29, 1.82) is 0 Å². The molecule has 4 aliphatic carbocycles. The van der Waals surface area contributed by atoms with Gasteiger partial charge in [-0.05, 0) is 0 Å². The van der Waals surface area contributed by atoms with Gasteiger partial charge in [-0.25, -0.2) is 0 Å². The van der Waals surface area contributed by atoms with Crippen molar-refractivity contribution in [3.05, 3.63) is 0 Å². The third-order valence-electron chi connectivity index (χ3n) is 10.6. The van der Waals surface area contributed by atoms with E-state index in [4.69, 9.17) is 0 Å². The second-order valence-corrected chi connectivity index (χ2v) is 17.9. The average Bonchev–Trinajstić information content (AvgIpc) is 2.78. The van der Waals surface area contributed by atoms with Gasteiger partial charge in [-0.2, -0.15) is 0 Å². The fourth-order valence-corrected chi connectivity index (χ4v) is 21.8. The number of hydrogen-bond acceptors (Lipinski definition) is 0. The van der Waals surface area contributed by atoms with E-state index in [9.17, 15) is 0 Å². The molecule has 0 aromatic carbocycles. The van der Waals surface area contributed by atoms with Crippen LogP contribution < -0.4 is 0 Å².